The molecule has 0 aliphatic heterocycles. The van der Waals surface area contributed by atoms with Crippen molar-refractivity contribution >= 4 is 6.03 Å². The summed E-state index contributed by atoms with van der Waals surface area (Å²) in [6, 6.07) is 15.2. The molecule has 2 aromatic carbocycles. The van der Waals surface area contributed by atoms with Gasteiger partial charge < -0.3 is 10.2 Å². The molecule has 25 heavy (non-hydrogen) atoms. The van der Waals surface area contributed by atoms with Crippen LogP contribution in [0.3, 0.4) is 0 Å². The third-order valence-corrected chi connectivity index (χ3v) is 5.18. The number of rotatable bonds is 4. The van der Waals surface area contributed by atoms with Gasteiger partial charge in [0.25, 0.3) is 0 Å². The number of nitrogens with one attached hydrogen (secondary N) is 1. The summed E-state index contributed by atoms with van der Waals surface area (Å²) in [6.07, 6.45) is 5.28. The van der Waals surface area contributed by atoms with Crippen LogP contribution in [0.15, 0.2) is 48.5 Å². The van der Waals surface area contributed by atoms with E-state index in [-0.39, 0.29) is 17.9 Å². The van der Waals surface area contributed by atoms with Crippen LogP contribution in [0.5, 0.6) is 0 Å². The number of aryl methyl sites for hydroxylation is 1. The number of urea groups is 1. The molecule has 2 aromatic rings. The van der Waals surface area contributed by atoms with E-state index in [0.29, 0.717) is 12.6 Å². The zero-order valence-electron chi connectivity index (χ0n) is 14.2. The maximum absolute atomic E-state index is 13.1. The van der Waals surface area contributed by atoms with E-state index in [1.807, 2.05) is 11.0 Å². The fourth-order valence-corrected chi connectivity index (χ4v) is 3.68. The highest BCUT2D eigenvalue weighted by atomic mass is 19.1. The first-order valence-electron chi connectivity index (χ1n) is 9.10. The molecular formula is C21H23FN2O. The molecule has 0 radical (unpaired) electrons. The largest absolute Gasteiger partial charge is 0.331 e. The van der Waals surface area contributed by atoms with Crippen molar-refractivity contribution in [2.45, 2.75) is 50.7 Å². The molecule has 2 aliphatic rings. The van der Waals surface area contributed by atoms with Crippen LogP contribution in [-0.2, 0) is 13.0 Å². The van der Waals surface area contributed by atoms with Gasteiger partial charge in [0.05, 0.1) is 6.04 Å². The Morgan fingerprint density at radius 2 is 1.84 bits per heavy atom. The van der Waals surface area contributed by atoms with Crippen LogP contribution < -0.4 is 5.32 Å². The van der Waals surface area contributed by atoms with E-state index in [9.17, 15) is 9.18 Å². The summed E-state index contributed by atoms with van der Waals surface area (Å²) >= 11 is 0. The highest BCUT2D eigenvalue weighted by molar-refractivity contribution is 5.75. The summed E-state index contributed by atoms with van der Waals surface area (Å²) in [5, 5.41) is 3.24. The van der Waals surface area contributed by atoms with Gasteiger partial charge in [0.1, 0.15) is 5.82 Å². The lowest BCUT2D eigenvalue weighted by Crippen LogP contribution is -2.43. The van der Waals surface area contributed by atoms with Gasteiger partial charge in [-0.05, 0) is 60.9 Å². The Morgan fingerprint density at radius 1 is 1.08 bits per heavy atom. The summed E-state index contributed by atoms with van der Waals surface area (Å²) in [5.41, 5.74) is 3.56. The Morgan fingerprint density at radius 3 is 2.60 bits per heavy atom. The van der Waals surface area contributed by atoms with E-state index in [1.54, 1.807) is 12.1 Å². The number of hydrogen-bond acceptors (Lipinski definition) is 1. The first kappa shape index (κ1) is 16.1. The highest BCUT2D eigenvalue weighted by Gasteiger charge is 2.34. The van der Waals surface area contributed by atoms with Crippen molar-refractivity contribution < 1.29 is 9.18 Å². The van der Waals surface area contributed by atoms with Crippen LogP contribution >= 0.6 is 0 Å². The molecule has 3 nitrogen and oxygen atoms in total. The number of nitrogens with zero attached hydrogens (tertiary/aromatic N) is 1. The first-order chi connectivity index (χ1) is 12.2. The average molecular weight is 338 g/mol. The summed E-state index contributed by atoms with van der Waals surface area (Å²) in [6.45, 7) is 0.533. The Labute approximate surface area is 147 Å². The van der Waals surface area contributed by atoms with Crippen molar-refractivity contribution in [1.82, 2.24) is 10.2 Å². The second-order valence-electron chi connectivity index (χ2n) is 7.08. The molecule has 4 rings (SSSR count). The first-order valence-corrected chi connectivity index (χ1v) is 9.10. The molecule has 0 spiro atoms. The lowest BCUT2D eigenvalue weighted by atomic mass is 9.88. The zero-order valence-corrected chi connectivity index (χ0v) is 14.2. The SMILES string of the molecule is O=C(NC1CCCc2ccccc21)N(Cc1ccc(F)cc1)C1CC1. The predicted molar refractivity (Wildman–Crippen MR) is 95.6 cm³/mol. The summed E-state index contributed by atoms with van der Waals surface area (Å²) in [7, 11) is 0. The average Bonchev–Trinajstić information content (AvgIpc) is 3.46. The van der Waals surface area contributed by atoms with Crippen molar-refractivity contribution in [2.75, 3.05) is 0 Å². The van der Waals surface area contributed by atoms with Gasteiger partial charge in [0.2, 0.25) is 0 Å². The van der Waals surface area contributed by atoms with Gasteiger partial charge in [-0.3, -0.25) is 0 Å². The van der Waals surface area contributed by atoms with Crippen molar-refractivity contribution in [3.8, 4) is 0 Å². The molecule has 0 saturated heterocycles. The molecule has 4 heteroatoms. The predicted octanol–water partition coefficient (Wildman–Crippen LogP) is 4.58. The number of hydrogen-bond donors (Lipinski definition) is 1. The minimum Gasteiger partial charge on any atom is -0.331 e. The van der Waals surface area contributed by atoms with Gasteiger partial charge in [-0.1, -0.05) is 36.4 Å². The van der Waals surface area contributed by atoms with Gasteiger partial charge >= 0.3 is 6.03 Å². The summed E-state index contributed by atoms with van der Waals surface area (Å²) in [5.74, 6) is -0.245. The smallest absolute Gasteiger partial charge is 0.318 e. The van der Waals surface area contributed by atoms with Crippen molar-refractivity contribution in [2.24, 2.45) is 0 Å². The third kappa shape index (κ3) is 3.68. The quantitative estimate of drug-likeness (QED) is 0.870. The highest BCUT2D eigenvalue weighted by Crippen LogP contribution is 2.32. The number of benzene rings is 2. The van der Waals surface area contributed by atoms with E-state index in [1.165, 1.54) is 23.3 Å². The molecule has 2 aliphatic carbocycles. The summed E-state index contributed by atoms with van der Waals surface area (Å²) < 4.78 is 13.1. The monoisotopic (exact) mass is 338 g/mol. The topological polar surface area (TPSA) is 32.3 Å². The molecule has 1 saturated carbocycles. The van der Waals surface area contributed by atoms with Gasteiger partial charge in [-0.2, -0.15) is 0 Å². The van der Waals surface area contributed by atoms with Crippen LogP contribution in [0.2, 0.25) is 0 Å². The molecule has 0 heterocycles. The Bertz CT molecular complexity index is 755. The second kappa shape index (κ2) is 6.87. The Hall–Kier alpha value is -2.36. The number of carbonyl (C=O) groups is 1. The van der Waals surface area contributed by atoms with Gasteiger partial charge in [0.15, 0.2) is 0 Å². The molecule has 1 unspecified atom stereocenters. The molecule has 1 atom stereocenters. The fourth-order valence-electron chi connectivity index (χ4n) is 3.68. The molecule has 130 valence electrons. The molecule has 1 fully saturated rings. The van der Waals surface area contributed by atoms with Crippen LogP contribution in [0.4, 0.5) is 9.18 Å². The molecule has 2 amide bonds. The van der Waals surface area contributed by atoms with E-state index in [4.69, 9.17) is 0 Å². The van der Waals surface area contributed by atoms with Crippen molar-refractivity contribution in [3.05, 3.63) is 71.0 Å². The van der Waals surface area contributed by atoms with Crippen LogP contribution in [0, 0.1) is 5.82 Å². The lowest BCUT2D eigenvalue weighted by molar-refractivity contribution is 0.186. The molecule has 0 bridgehead atoms. The zero-order chi connectivity index (χ0) is 17.2. The van der Waals surface area contributed by atoms with E-state index in [2.05, 4.69) is 23.5 Å². The van der Waals surface area contributed by atoms with Crippen molar-refractivity contribution in [1.29, 1.82) is 0 Å². The normalized spacial score (nSPS) is 19.2. The van der Waals surface area contributed by atoms with E-state index in [0.717, 1.165) is 37.7 Å². The van der Waals surface area contributed by atoms with Gasteiger partial charge in [-0.25, -0.2) is 9.18 Å². The number of carbonyl (C=O) groups excluding carboxylic acids is 1. The van der Waals surface area contributed by atoms with Gasteiger partial charge in [-0.15, -0.1) is 0 Å². The second-order valence-corrected chi connectivity index (χ2v) is 7.08. The molecule has 0 aromatic heterocycles. The minimum absolute atomic E-state index is 0.00599. The lowest BCUT2D eigenvalue weighted by Gasteiger charge is -2.30. The third-order valence-electron chi connectivity index (χ3n) is 5.18. The molecule has 1 N–H and O–H groups in total. The Balaban J connectivity index is 1.48. The number of amides is 2. The van der Waals surface area contributed by atoms with Crippen LogP contribution in [0.25, 0.3) is 0 Å². The Kier molecular flexibility index (Phi) is 4.43. The maximum Gasteiger partial charge on any atom is 0.318 e. The standard InChI is InChI=1S/C21H23FN2O/c22-17-10-8-15(9-11-17)14-24(18-12-13-18)21(25)23-20-7-3-5-16-4-1-2-6-19(16)20/h1-2,4,6,8-11,18,20H,3,5,7,12-14H2,(H,23,25). The van der Waals surface area contributed by atoms with Gasteiger partial charge in [0, 0.05) is 12.6 Å². The number of halogens is 1. The maximum atomic E-state index is 13.1. The fraction of sp³-hybridized carbons (Fsp3) is 0.381. The molecular weight excluding hydrogens is 315 g/mol. The minimum atomic E-state index is -0.245. The van der Waals surface area contributed by atoms with Crippen LogP contribution in [-0.4, -0.2) is 17.0 Å². The van der Waals surface area contributed by atoms with Crippen LogP contribution in [0.1, 0.15) is 48.4 Å². The van der Waals surface area contributed by atoms with E-state index >= 15 is 0 Å². The van der Waals surface area contributed by atoms with Crippen molar-refractivity contribution in [3.63, 3.8) is 0 Å². The number of fused-ring (bicyclic) bond motifs is 1. The summed E-state index contributed by atoms with van der Waals surface area (Å²) in [4.78, 5) is 14.8. The van der Waals surface area contributed by atoms with E-state index < -0.39 is 0 Å².